The van der Waals surface area contributed by atoms with E-state index in [0.717, 1.165) is 16.2 Å². The summed E-state index contributed by atoms with van der Waals surface area (Å²) < 4.78 is 32.8. The molecule has 0 aliphatic carbocycles. The fourth-order valence-electron chi connectivity index (χ4n) is 2.17. The number of rotatable bonds is 4. The second kappa shape index (κ2) is 5.59. The Morgan fingerprint density at radius 2 is 1.91 bits per heavy atom. The van der Waals surface area contributed by atoms with Crippen LogP contribution in [0.4, 0.5) is 8.78 Å². The first-order valence-electron chi connectivity index (χ1n) is 6.58. The van der Waals surface area contributed by atoms with Gasteiger partial charge in [0.1, 0.15) is 5.75 Å². The number of pyridine rings is 1. The SMILES string of the molecule is COc1ccc(Cn2nc3ccc(C(F)F)cn3c2=O)cc1. The summed E-state index contributed by atoms with van der Waals surface area (Å²) in [6.07, 6.45) is -1.50. The van der Waals surface area contributed by atoms with Crippen LogP contribution in [0.15, 0.2) is 47.4 Å². The van der Waals surface area contributed by atoms with Crippen molar-refractivity contribution in [2.45, 2.75) is 13.0 Å². The molecule has 0 amide bonds. The molecule has 3 rings (SSSR count). The van der Waals surface area contributed by atoms with Crippen molar-refractivity contribution in [3.8, 4) is 5.75 Å². The van der Waals surface area contributed by atoms with E-state index in [2.05, 4.69) is 5.10 Å². The number of hydrogen-bond acceptors (Lipinski definition) is 3. The van der Waals surface area contributed by atoms with Gasteiger partial charge in [-0.1, -0.05) is 12.1 Å². The van der Waals surface area contributed by atoms with Crippen LogP contribution in [-0.4, -0.2) is 21.3 Å². The normalized spacial score (nSPS) is 11.3. The number of ether oxygens (including phenoxy) is 1. The minimum absolute atomic E-state index is 0.210. The molecule has 0 aliphatic heterocycles. The van der Waals surface area contributed by atoms with Gasteiger partial charge in [0.05, 0.1) is 13.7 Å². The van der Waals surface area contributed by atoms with Crippen molar-refractivity contribution in [1.82, 2.24) is 14.2 Å². The summed E-state index contributed by atoms with van der Waals surface area (Å²) in [7, 11) is 1.57. The molecule has 22 heavy (non-hydrogen) atoms. The molecule has 0 spiro atoms. The summed E-state index contributed by atoms with van der Waals surface area (Å²) in [4.78, 5) is 12.2. The molecular weight excluding hydrogens is 292 g/mol. The molecule has 2 aromatic heterocycles. The van der Waals surface area contributed by atoms with Crippen molar-refractivity contribution in [3.05, 3.63) is 64.2 Å². The number of benzene rings is 1. The molecule has 0 unspecified atom stereocenters. The predicted molar refractivity (Wildman–Crippen MR) is 76.5 cm³/mol. The Kier molecular flexibility index (Phi) is 3.62. The quantitative estimate of drug-likeness (QED) is 0.744. The average Bonchev–Trinajstić information content (AvgIpc) is 2.84. The molecule has 5 nitrogen and oxygen atoms in total. The Bertz CT molecular complexity index is 853. The second-order valence-electron chi connectivity index (χ2n) is 4.78. The van der Waals surface area contributed by atoms with Crippen LogP contribution in [0.3, 0.4) is 0 Å². The lowest BCUT2D eigenvalue weighted by Crippen LogP contribution is -2.21. The molecule has 0 aliphatic rings. The minimum atomic E-state index is -2.62. The summed E-state index contributed by atoms with van der Waals surface area (Å²) in [5, 5.41) is 4.14. The lowest BCUT2D eigenvalue weighted by Gasteiger charge is -2.02. The maximum Gasteiger partial charge on any atom is 0.350 e. The van der Waals surface area contributed by atoms with Crippen LogP contribution in [0.1, 0.15) is 17.6 Å². The Hall–Kier alpha value is -2.70. The number of nitrogens with zero attached hydrogens (tertiary/aromatic N) is 3. The number of aromatic nitrogens is 3. The third-order valence-corrected chi connectivity index (χ3v) is 3.34. The summed E-state index contributed by atoms with van der Waals surface area (Å²) in [6, 6.07) is 9.88. The summed E-state index contributed by atoms with van der Waals surface area (Å²) >= 11 is 0. The van der Waals surface area contributed by atoms with Crippen molar-refractivity contribution >= 4 is 5.65 Å². The van der Waals surface area contributed by atoms with Crippen LogP contribution in [-0.2, 0) is 6.54 Å². The van der Waals surface area contributed by atoms with E-state index in [1.54, 1.807) is 19.2 Å². The van der Waals surface area contributed by atoms with Crippen molar-refractivity contribution in [3.63, 3.8) is 0 Å². The number of hydrogen-bond donors (Lipinski definition) is 0. The third kappa shape index (κ3) is 2.57. The minimum Gasteiger partial charge on any atom is -0.497 e. The largest absolute Gasteiger partial charge is 0.497 e. The Morgan fingerprint density at radius 1 is 1.18 bits per heavy atom. The van der Waals surface area contributed by atoms with E-state index < -0.39 is 12.1 Å². The molecule has 0 atom stereocenters. The molecule has 0 fully saturated rings. The molecule has 0 saturated heterocycles. The van der Waals surface area contributed by atoms with E-state index in [1.807, 2.05) is 12.1 Å². The van der Waals surface area contributed by atoms with E-state index in [9.17, 15) is 13.6 Å². The lowest BCUT2D eigenvalue weighted by molar-refractivity contribution is 0.151. The van der Waals surface area contributed by atoms with Gasteiger partial charge in [-0.2, -0.15) is 0 Å². The van der Waals surface area contributed by atoms with E-state index in [0.29, 0.717) is 11.4 Å². The van der Waals surface area contributed by atoms with Crippen LogP contribution < -0.4 is 10.4 Å². The molecule has 0 radical (unpaired) electrons. The number of alkyl halides is 2. The van der Waals surface area contributed by atoms with E-state index in [1.165, 1.54) is 16.8 Å². The zero-order valence-electron chi connectivity index (χ0n) is 11.7. The highest BCUT2D eigenvalue weighted by Crippen LogP contribution is 2.18. The summed E-state index contributed by atoms with van der Waals surface area (Å²) in [5.74, 6) is 0.715. The van der Waals surface area contributed by atoms with E-state index >= 15 is 0 Å². The van der Waals surface area contributed by atoms with Gasteiger partial charge in [0.25, 0.3) is 6.43 Å². The average molecular weight is 305 g/mol. The zero-order valence-corrected chi connectivity index (χ0v) is 11.7. The van der Waals surface area contributed by atoms with E-state index in [-0.39, 0.29) is 12.1 Å². The highest BCUT2D eigenvalue weighted by molar-refractivity contribution is 5.38. The maximum absolute atomic E-state index is 12.7. The first-order valence-corrected chi connectivity index (χ1v) is 6.58. The number of halogens is 2. The Morgan fingerprint density at radius 3 is 2.55 bits per heavy atom. The van der Waals surface area contributed by atoms with Gasteiger partial charge in [0, 0.05) is 11.8 Å². The van der Waals surface area contributed by atoms with Gasteiger partial charge < -0.3 is 4.74 Å². The zero-order chi connectivity index (χ0) is 15.7. The molecular formula is C15H13F2N3O2. The molecule has 1 aromatic carbocycles. The molecule has 0 N–H and O–H groups in total. The Balaban J connectivity index is 1.96. The fourth-order valence-corrected chi connectivity index (χ4v) is 2.17. The van der Waals surface area contributed by atoms with Gasteiger partial charge in [-0.15, -0.1) is 5.10 Å². The standard InChI is InChI=1S/C15H13F2N3O2/c1-22-12-5-2-10(3-6-12)8-20-15(21)19-9-11(14(16)17)4-7-13(19)18-20/h2-7,9,14H,8H2,1H3. The van der Waals surface area contributed by atoms with Crippen molar-refractivity contribution < 1.29 is 13.5 Å². The van der Waals surface area contributed by atoms with Crippen LogP contribution in [0, 0.1) is 0 Å². The molecule has 2 heterocycles. The molecule has 3 aromatic rings. The van der Waals surface area contributed by atoms with Crippen molar-refractivity contribution in [2.75, 3.05) is 7.11 Å². The third-order valence-electron chi connectivity index (χ3n) is 3.34. The van der Waals surface area contributed by atoms with E-state index in [4.69, 9.17) is 4.74 Å². The predicted octanol–water partition coefficient (Wildman–Crippen LogP) is 2.49. The van der Waals surface area contributed by atoms with Gasteiger partial charge in [0.15, 0.2) is 5.65 Å². The van der Waals surface area contributed by atoms with Gasteiger partial charge in [-0.3, -0.25) is 0 Å². The van der Waals surface area contributed by atoms with Gasteiger partial charge in [0.2, 0.25) is 0 Å². The Labute approximate surface area is 124 Å². The van der Waals surface area contributed by atoms with Crippen LogP contribution >= 0.6 is 0 Å². The van der Waals surface area contributed by atoms with Crippen LogP contribution in [0.25, 0.3) is 5.65 Å². The fraction of sp³-hybridized carbons (Fsp3) is 0.200. The highest BCUT2D eigenvalue weighted by atomic mass is 19.3. The maximum atomic E-state index is 12.7. The number of methoxy groups -OCH3 is 1. The highest BCUT2D eigenvalue weighted by Gasteiger charge is 2.12. The number of fused-ring (bicyclic) bond motifs is 1. The van der Waals surface area contributed by atoms with Gasteiger partial charge in [-0.25, -0.2) is 22.7 Å². The first kappa shape index (κ1) is 14.2. The van der Waals surface area contributed by atoms with Crippen LogP contribution in [0.2, 0.25) is 0 Å². The summed E-state index contributed by atoms with van der Waals surface area (Å²) in [5.41, 5.74) is 0.537. The van der Waals surface area contributed by atoms with Gasteiger partial charge >= 0.3 is 5.69 Å². The van der Waals surface area contributed by atoms with Crippen molar-refractivity contribution in [1.29, 1.82) is 0 Å². The topological polar surface area (TPSA) is 48.5 Å². The second-order valence-corrected chi connectivity index (χ2v) is 4.78. The smallest absolute Gasteiger partial charge is 0.350 e. The molecule has 0 saturated carbocycles. The van der Waals surface area contributed by atoms with Crippen LogP contribution in [0.5, 0.6) is 5.75 Å². The molecule has 0 bridgehead atoms. The van der Waals surface area contributed by atoms with Gasteiger partial charge in [-0.05, 0) is 29.8 Å². The molecule has 114 valence electrons. The lowest BCUT2D eigenvalue weighted by atomic mass is 10.2. The first-order chi connectivity index (χ1) is 10.6. The monoisotopic (exact) mass is 305 g/mol. The summed E-state index contributed by atoms with van der Waals surface area (Å²) in [6.45, 7) is 0.258. The molecule has 7 heteroatoms. The van der Waals surface area contributed by atoms with Crippen molar-refractivity contribution in [2.24, 2.45) is 0 Å².